The van der Waals surface area contributed by atoms with Crippen LogP contribution in [0.1, 0.15) is 0 Å². The van der Waals surface area contributed by atoms with Gasteiger partial charge in [0.2, 0.25) is 0 Å². The summed E-state index contributed by atoms with van der Waals surface area (Å²) in [6.45, 7) is 2.51. The zero-order valence-corrected chi connectivity index (χ0v) is 5.39. The van der Waals surface area contributed by atoms with Crippen molar-refractivity contribution < 1.29 is 9.78 Å². The lowest BCUT2D eigenvalue weighted by Gasteiger charge is -2.07. The van der Waals surface area contributed by atoms with Crippen LogP contribution < -0.4 is 5.73 Å². The SMILES string of the molecule is CB[C@H](CN)OOC. The Morgan fingerprint density at radius 1 is 1.75 bits per heavy atom. The maximum Gasteiger partial charge on any atom is 0.160 e. The lowest BCUT2D eigenvalue weighted by Crippen LogP contribution is -2.27. The predicted molar refractivity (Wildman–Crippen MR) is 33.9 cm³/mol. The van der Waals surface area contributed by atoms with Crippen molar-refractivity contribution in [2.24, 2.45) is 5.73 Å². The van der Waals surface area contributed by atoms with Crippen LogP contribution in [-0.4, -0.2) is 26.9 Å². The van der Waals surface area contributed by atoms with E-state index in [2.05, 4.69) is 4.89 Å². The van der Waals surface area contributed by atoms with Gasteiger partial charge in [0.05, 0.1) is 13.1 Å². The number of nitrogens with two attached hydrogens (primary N) is 1. The van der Waals surface area contributed by atoms with Gasteiger partial charge >= 0.3 is 0 Å². The molecule has 3 nitrogen and oxygen atoms in total. The van der Waals surface area contributed by atoms with Crippen LogP contribution in [-0.2, 0) is 9.78 Å². The molecule has 0 bridgehead atoms. The third-order valence-corrected chi connectivity index (χ3v) is 0.951. The molecule has 0 aliphatic rings. The third-order valence-electron chi connectivity index (χ3n) is 0.951. The van der Waals surface area contributed by atoms with Gasteiger partial charge in [0.1, 0.15) is 0 Å². The van der Waals surface area contributed by atoms with Gasteiger partial charge in [-0.25, -0.2) is 9.78 Å². The monoisotopic (exact) mass is 117 g/mol. The first-order chi connectivity index (χ1) is 3.85. The van der Waals surface area contributed by atoms with Gasteiger partial charge in [0.15, 0.2) is 7.28 Å². The van der Waals surface area contributed by atoms with Crippen LogP contribution in [0.4, 0.5) is 0 Å². The maximum atomic E-state index is 5.26. The van der Waals surface area contributed by atoms with Crippen LogP contribution in [0.15, 0.2) is 0 Å². The molecule has 0 amide bonds. The fraction of sp³-hybridized carbons (Fsp3) is 1.00. The lowest BCUT2D eigenvalue weighted by molar-refractivity contribution is -0.283. The van der Waals surface area contributed by atoms with Crippen molar-refractivity contribution in [2.45, 2.75) is 12.8 Å². The summed E-state index contributed by atoms with van der Waals surface area (Å²) in [5.41, 5.74) is 5.26. The van der Waals surface area contributed by atoms with Crippen molar-refractivity contribution in [1.29, 1.82) is 0 Å². The summed E-state index contributed by atoms with van der Waals surface area (Å²) in [7, 11) is 2.38. The van der Waals surface area contributed by atoms with E-state index in [1.807, 2.05) is 6.82 Å². The van der Waals surface area contributed by atoms with Gasteiger partial charge in [-0.1, -0.05) is 6.82 Å². The van der Waals surface area contributed by atoms with Gasteiger partial charge in [-0.2, -0.15) is 0 Å². The Morgan fingerprint density at radius 2 is 2.38 bits per heavy atom. The molecule has 0 aromatic heterocycles. The van der Waals surface area contributed by atoms with Crippen LogP contribution >= 0.6 is 0 Å². The standard InChI is InChI=1S/C4H12BNO2/c1-5-4(3-6)8-7-2/h4-5H,3,6H2,1-2H3/t4-/m0/s1. The summed E-state index contributed by atoms with van der Waals surface area (Å²) in [5, 5.41) is 0. The Labute approximate surface area is 50.3 Å². The third kappa shape index (κ3) is 3.01. The molecule has 0 spiro atoms. The van der Waals surface area contributed by atoms with Crippen molar-refractivity contribution in [2.75, 3.05) is 13.7 Å². The second kappa shape index (κ2) is 5.09. The molecule has 0 saturated carbocycles. The van der Waals surface area contributed by atoms with Crippen LogP contribution in [0.25, 0.3) is 0 Å². The minimum Gasteiger partial charge on any atom is -0.329 e. The number of hydrogen-bond donors (Lipinski definition) is 1. The van der Waals surface area contributed by atoms with Gasteiger partial charge in [0.25, 0.3) is 0 Å². The first-order valence-electron chi connectivity index (χ1n) is 2.74. The normalized spacial score (nSPS) is 13.4. The smallest absolute Gasteiger partial charge is 0.160 e. The predicted octanol–water partition coefficient (Wildman–Crippen LogP) is -0.666. The molecule has 4 heteroatoms. The Morgan fingerprint density at radius 3 is 2.50 bits per heavy atom. The van der Waals surface area contributed by atoms with E-state index >= 15 is 0 Å². The highest BCUT2D eigenvalue weighted by Gasteiger charge is 2.02. The average molecular weight is 117 g/mol. The minimum atomic E-state index is 0.0556. The Balaban J connectivity index is 3.07. The molecular weight excluding hydrogens is 105 g/mol. The first kappa shape index (κ1) is 7.94. The van der Waals surface area contributed by atoms with Crippen molar-refractivity contribution in [3.8, 4) is 0 Å². The second-order valence-corrected chi connectivity index (χ2v) is 1.53. The van der Waals surface area contributed by atoms with Crippen molar-refractivity contribution in [3.63, 3.8) is 0 Å². The average Bonchev–Trinajstić information content (AvgIpc) is 1.83. The molecule has 0 aliphatic heterocycles. The highest BCUT2D eigenvalue weighted by atomic mass is 17.2. The number of rotatable bonds is 4. The van der Waals surface area contributed by atoms with E-state index in [1.54, 1.807) is 0 Å². The van der Waals surface area contributed by atoms with Gasteiger partial charge in [-0.05, 0) is 0 Å². The fourth-order valence-electron chi connectivity index (χ4n) is 0.410. The van der Waals surface area contributed by atoms with E-state index in [-0.39, 0.29) is 6.00 Å². The van der Waals surface area contributed by atoms with Gasteiger partial charge < -0.3 is 5.73 Å². The molecule has 0 saturated heterocycles. The summed E-state index contributed by atoms with van der Waals surface area (Å²) < 4.78 is 0. The topological polar surface area (TPSA) is 44.5 Å². The second-order valence-electron chi connectivity index (χ2n) is 1.53. The molecule has 0 aliphatic carbocycles. The molecule has 1 atom stereocenters. The summed E-state index contributed by atoms with van der Waals surface area (Å²) in [5.74, 6) is 0. The fourth-order valence-corrected chi connectivity index (χ4v) is 0.410. The van der Waals surface area contributed by atoms with E-state index in [9.17, 15) is 0 Å². The van der Waals surface area contributed by atoms with Gasteiger partial charge in [0, 0.05) is 6.54 Å². The lowest BCUT2D eigenvalue weighted by atomic mass is 9.75. The molecule has 48 valence electrons. The zero-order chi connectivity index (χ0) is 6.41. The molecular formula is C4H12BNO2. The molecule has 0 rings (SSSR count). The Bertz CT molecular complexity index is 49.3. The minimum absolute atomic E-state index is 0.0556. The Hall–Kier alpha value is -0.0551. The Kier molecular flexibility index (Phi) is 5.05. The summed E-state index contributed by atoms with van der Waals surface area (Å²) in [6.07, 6.45) is 0. The van der Waals surface area contributed by atoms with Crippen LogP contribution in [0, 0.1) is 0 Å². The molecule has 0 aromatic rings. The molecule has 0 heterocycles. The van der Waals surface area contributed by atoms with Crippen molar-refractivity contribution in [3.05, 3.63) is 0 Å². The summed E-state index contributed by atoms with van der Waals surface area (Å²) in [4.78, 5) is 9.12. The first-order valence-corrected chi connectivity index (χ1v) is 2.74. The molecule has 0 aromatic carbocycles. The molecule has 2 N–H and O–H groups in total. The highest BCUT2D eigenvalue weighted by molar-refractivity contribution is 6.35. The summed E-state index contributed by atoms with van der Waals surface area (Å²) in [6, 6.07) is 0.0556. The van der Waals surface area contributed by atoms with Gasteiger partial charge in [-0.15, -0.1) is 0 Å². The van der Waals surface area contributed by atoms with Crippen LogP contribution in [0.2, 0.25) is 6.82 Å². The van der Waals surface area contributed by atoms with Gasteiger partial charge in [-0.3, -0.25) is 0 Å². The van der Waals surface area contributed by atoms with E-state index in [0.29, 0.717) is 6.54 Å². The number of hydrogen-bond acceptors (Lipinski definition) is 3. The van der Waals surface area contributed by atoms with E-state index in [0.717, 1.165) is 7.28 Å². The summed E-state index contributed by atoms with van der Waals surface area (Å²) >= 11 is 0. The van der Waals surface area contributed by atoms with Crippen LogP contribution in [0.3, 0.4) is 0 Å². The van der Waals surface area contributed by atoms with Crippen LogP contribution in [0.5, 0.6) is 0 Å². The molecule has 0 fully saturated rings. The van der Waals surface area contributed by atoms with Crippen molar-refractivity contribution in [1.82, 2.24) is 0 Å². The largest absolute Gasteiger partial charge is 0.329 e. The molecule has 0 radical (unpaired) electrons. The molecule has 8 heavy (non-hydrogen) atoms. The van der Waals surface area contributed by atoms with E-state index in [4.69, 9.17) is 10.6 Å². The van der Waals surface area contributed by atoms with Crippen molar-refractivity contribution >= 4 is 7.28 Å². The van der Waals surface area contributed by atoms with E-state index in [1.165, 1.54) is 7.11 Å². The van der Waals surface area contributed by atoms with E-state index < -0.39 is 0 Å². The quantitative estimate of drug-likeness (QED) is 0.302. The highest BCUT2D eigenvalue weighted by Crippen LogP contribution is 1.84. The maximum absolute atomic E-state index is 5.26. The molecule has 0 unspecified atom stereocenters. The zero-order valence-electron chi connectivity index (χ0n) is 5.39.